The van der Waals surface area contributed by atoms with Crippen LogP contribution in [-0.2, 0) is 16.4 Å². The summed E-state index contributed by atoms with van der Waals surface area (Å²) in [5, 5.41) is 7.47. The minimum atomic E-state index is -3.26. The lowest BCUT2D eigenvalue weighted by Crippen LogP contribution is -2.01. The molecule has 0 aliphatic carbocycles. The van der Waals surface area contributed by atoms with Crippen molar-refractivity contribution < 1.29 is 13.0 Å². The third-order valence-electron chi connectivity index (χ3n) is 4.29. The van der Waals surface area contributed by atoms with Crippen molar-refractivity contribution in [2.45, 2.75) is 18.4 Å². The molecule has 3 heterocycles. The van der Waals surface area contributed by atoms with E-state index in [0.29, 0.717) is 23.6 Å². The smallest absolute Gasteiger partial charge is 0.199 e. The van der Waals surface area contributed by atoms with E-state index in [2.05, 4.69) is 20.3 Å². The van der Waals surface area contributed by atoms with Gasteiger partial charge in [0.1, 0.15) is 5.52 Å². The SMILES string of the molecule is CCn1c(-c2nonc2N)nc2cncc(-c3ccc(S(C)(=O)=O)cc3)c21.Cl. The van der Waals surface area contributed by atoms with Gasteiger partial charge in [-0.1, -0.05) is 12.1 Å². The first-order chi connectivity index (χ1) is 12.9. The van der Waals surface area contributed by atoms with Gasteiger partial charge in [-0.15, -0.1) is 12.4 Å². The van der Waals surface area contributed by atoms with E-state index >= 15 is 0 Å². The predicted octanol–water partition coefficient (Wildman–Crippen LogP) is 2.58. The zero-order valence-electron chi connectivity index (χ0n) is 15.0. The highest BCUT2D eigenvalue weighted by Gasteiger charge is 2.21. The number of benzene rings is 1. The van der Waals surface area contributed by atoms with Crippen LogP contribution in [0.25, 0.3) is 33.7 Å². The van der Waals surface area contributed by atoms with Gasteiger partial charge in [0.25, 0.3) is 0 Å². The van der Waals surface area contributed by atoms with E-state index in [1.165, 1.54) is 6.26 Å². The Morgan fingerprint density at radius 2 is 1.86 bits per heavy atom. The highest BCUT2D eigenvalue weighted by Crippen LogP contribution is 2.33. The molecule has 2 N–H and O–H groups in total. The topological polar surface area (TPSA) is 130 Å². The maximum absolute atomic E-state index is 11.7. The van der Waals surface area contributed by atoms with Crippen molar-refractivity contribution in [1.29, 1.82) is 0 Å². The van der Waals surface area contributed by atoms with Crippen molar-refractivity contribution in [3.8, 4) is 22.6 Å². The first-order valence-electron chi connectivity index (χ1n) is 8.13. The molecule has 4 rings (SSSR count). The Kier molecular flexibility index (Phi) is 5.09. The minimum absolute atomic E-state index is 0. The van der Waals surface area contributed by atoms with Crippen molar-refractivity contribution in [2.24, 2.45) is 0 Å². The average Bonchev–Trinajstić information content (AvgIpc) is 3.23. The van der Waals surface area contributed by atoms with Gasteiger partial charge in [0.15, 0.2) is 27.2 Å². The number of anilines is 1. The van der Waals surface area contributed by atoms with Gasteiger partial charge < -0.3 is 10.3 Å². The summed E-state index contributed by atoms with van der Waals surface area (Å²) in [5.74, 6) is 0.695. The van der Waals surface area contributed by atoms with Crippen molar-refractivity contribution in [3.05, 3.63) is 36.7 Å². The molecule has 0 fully saturated rings. The largest absolute Gasteiger partial charge is 0.379 e. The van der Waals surface area contributed by atoms with Crippen LogP contribution in [-0.4, -0.2) is 39.5 Å². The van der Waals surface area contributed by atoms with Gasteiger partial charge in [-0.2, -0.15) is 0 Å². The molecule has 0 aliphatic rings. The second kappa shape index (κ2) is 7.21. The molecule has 0 amide bonds. The molecule has 146 valence electrons. The molecular formula is C17H17ClN6O3S. The average molecular weight is 421 g/mol. The Morgan fingerprint density at radius 1 is 1.14 bits per heavy atom. The van der Waals surface area contributed by atoms with Crippen LogP contribution in [0.5, 0.6) is 0 Å². The maximum Gasteiger partial charge on any atom is 0.199 e. The van der Waals surface area contributed by atoms with E-state index < -0.39 is 9.84 Å². The fourth-order valence-corrected chi connectivity index (χ4v) is 3.65. The lowest BCUT2D eigenvalue weighted by Gasteiger charge is -2.09. The fourth-order valence-electron chi connectivity index (χ4n) is 3.02. The van der Waals surface area contributed by atoms with Gasteiger partial charge in [0.2, 0.25) is 0 Å². The summed E-state index contributed by atoms with van der Waals surface area (Å²) in [6, 6.07) is 6.67. The number of hydrogen-bond acceptors (Lipinski definition) is 8. The van der Waals surface area contributed by atoms with Gasteiger partial charge in [0.05, 0.1) is 16.6 Å². The Bertz CT molecular complexity index is 1250. The van der Waals surface area contributed by atoms with E-state index in [1.807, 2.05) is 11.5 Å². The summed E-state index contributed by atoms with van der Waals surface area (Å²) in [6.07, 6.45) is 4.56. The zero-order valence-corrected chi connectivity index (χ0v) is 16.7. The summed E-state index contributed by atoms with van der Waals surface area (Å²) in [7, 11) is -3.26. The number of pyridine rings is 1. The molecule has 0 radical (unpaired) electrons. The second-order valence-corrected chi connectivity index (χ2v) is 8.04. The Balaban J connectivity index is 0.00000225. The predicted molar refractivity (Wildman–Crippen MR) is 107 cm³/mol. The van der Waals surface area contributed by atoms with Crippen molar-refractivity contribution >= 4 is 39.1 Å². The van der Waals surface area contributed by atoms with Crippen LogP contribution >= 0.6 is 12.4 Å². The standard InChI is InChI=1S/C17H16N6O3S.ClH/c1-3-23-15-12(10-4-6-11(7-5-10)27(2,24)25)8-19-9-13(15)20-17(23)14-16(18)22-26-21-14;/h4-9H,3H2,1-2H3,(H2,18,22);1H. The molecular weight excluding hydrogens is 404 g/mol. The van der Waals surface area contributed by atoms with E-state index in [-0.39, 0.29) is 23.1 Å². The summed E-state index contributed by atoms with van der Waals surface area (Å²) in [4.78, 5) is 9.12. The fraction of sp³-hybridized carbons (Fsp3) is 0.176. The lowest BCUT2D eigenvalue weighted by molar-refractivity contribution is 0.310. The maximum atomic E-state index is 11.7. The Hall–Kier alpha value is -2.98. The van der Waals surface area contributed by atoms with Crippen molar-refractivity contribution in [3.63, 3.8) is 0 Å². The van der Waals surface area contributed by atoms with Gasteiger partial charge in [0, 0.05) is 24.6 Å². The van der Waals surface area contributed by atoms with Crippen LogP contribution in [0.4, 0.5) is 5.82 Å². The number of imidazole rings is 1. The molecule has 28 heavy (non-hydrogen) atoms. The summed E-state index contributed by atoms with van der Waals surface area (Å²) in [5.41, 5.74) is 9.36. The number of sulfone groups is 1. The third kappa shape index (κ3) is 3.20. The van der Waals surface area contributed by atoms with Gasteiger partial charge in [-0.3, -0.25) is 4.98 Å². The zero-order chi connectivity index (χ0) is 19.2. The Labute approximate surface area is 166 Å². The molecule has 1 aromatic carbocycles. The summed E-state index contributed by atoms with van der Waals surface area (Å²) >= 11 is 0. The number of hydrogen-bond donors (Lipinski definition) is 1. The number of aryl methyl sites for hydroxylation is 1. The Morgan fingerprint density at radius 3 is 2.43 bits per heavy atom. The molecule has 4 aromatic rings. The van der Waals surface area contributed by atoms with E-state index in [4.69, 9.17) is 10.4 Å². The second-order valence-electron chi connectivity index (χ2n) is 6.03. The molecule has 3 aromatic heterocycles. The molecule has 0 bridgehead atoms. The van der Waals surface area contributed by atoms with Crippen LogP contribution < -0.4 is 5.73 Å². The minimum Gasteiger partial charge on any atom is -0.379 e. The molecule has 0 saturated carbocycles. The highest BCUT2D eigenvalue weighted by molar-refractivity contribution is 7.90. The monoisotopic (exact) mass is 420 g/mol. The summed E-state index contributed by atoms with van der Waals surface area (Å²) in [6.45, 7) is 2.59. The number of rotatable bonds is 4. The van der Waals surface area contributed by atoms with Crippen LogP contribution in [0.1, 0.15) is 6.92 Å². The number of halogens is 1. The number of nitrogens with zero attached hydrogens (tertiary/aromatic N) is 5. The van der Waals surface area contributed by atoms with Crippen LogP contribution in [0.2, 0.25) is 0 Å². The molecule has 0 spiro atoms. The number of nitrogen functional groups attached to an aromatic ring is 1. The van der Waals surface area contributed by atoms with Gasteiger partial charge in [-0.25, -0.2) is 18.0 Å². The van der Waals surface area contributed by atoms with Crippen molar-refractivity contribution in [1.82, 2.24) is 24.8 Å². The lowest BCUT2D eigenvalue weighted by atomic mass is 10.1. The number of fused-ring (bicyclic) bond motifs is 1. The third-order valence-corrected chi connectivity index (χ3v) is 5.41. The van der Waals surface area contributed by atoms with Crippen molar-refractivity contribution in [2.75, 3.05) is 12.0 Å². The van der Waals surface area contributed by atoms with E-state index in [0.717, 1.165) is 16.6 Å². The first-order valence-corrected chi connectivity index (χ1v) is 10.0. The van der Waals surface area contributed by atoms with Crippen LogP contribution in [0.15, 0.2) is 46.2 Å². The van der Waals surface area contributed by atoms with Gasteiger partial charge in [-0.05, 0) is 34.9 Å². The molecule has 0 saturated heterocycles. The molecule has 0 unspecified atom stereocenters. The van der Waals surface area contributed by atoms with E-state index in [1.54, 1.807) is 36.7 Å². The summed E-state index contributed by atoms with van der Waals surface area (Å²) < 4.78 is 30.1. The van der Waals surface area contributed by atoms with Crippen LogP contribution in [0.3, 0.4) is 0 Å². The normalized spacial score (nSPS) is 11.5. The highest BCUT2D eigenvalue weighted by atomic mass is 35.5. The van der Waals surface area contributed by atoms with E-state index in [9.17, 15) is 8.42 Å². The molecule has 0 atom stereocenters. The molecule has 9 nitrogen and oxygen atoms in total. The van der Waals surface area contributed by atoms with Gasteiger partial charge >= 0.3 is 0 Å². The number of nitrogens with two attached hydrogens (primary N) is 1. The van der Waals surface area contributed by atoms with Crippen LogP contribution in [0, 0.1) is 0 Å². The quantitative estimate of drug-likeness (QED) is 0.533. The number of aromatic nitrogens is 5. The molecule has 0 aliphatic heterocycles. The first kappa shape index (κ1) is 19.8. The molecule has 11 heteroatoms.